The van der Waals surface area contributed by atoms with Crippen LogP contribution in [-0.2, 0) is 32.8 Å². The molecule has 2 amide bonds. The van der Waals surface area contributed by atoms with E-state index in [1.54, 1.807) is 49.4 Å². The topological polar surface area (TPSA) is 96.0 Å². The Hall–Kier alpha value is -3.27. The lowest BCUT2D eigenvalue weighted by molar-refractivity contribution is -0.140. The van der Waals surface area contributed by atoms with Crippen LogP contribution in [0.2, 0.25) is 10.0 Å². The molecule has 11 heteroatoms. The molecule has 0 aliphatic rings. The number of likely N-dealkylation sites (N-methyl/N-ethyl adjacent to an activating group) is 1. The van der Waals surface area contributed by atoms with Gasteiger partial charge in [0.1, 0.15) is 24.9 Å². The average Bonchev–Trinajstić information content (AvgIpc) is 2.92. The Morgan fingerprint density at radius 2 is 1.62 bits per heavy atom. The van der Waals surface area contributed by atoms with Crippen molar-refractivity contribution in [1.29, 1.82) is 0 Å². The van der Waals surface area contributed by atoms with Crippen molar-refractivity contribution in [2.45, 2.75) is 32.5 Å². The van der Waals surface area contributed by atoms with Gasteiger partial charge in [0.05, 0.1) is 22.0 Å². The summed E-state index contributed by atoms with van der Waals surface area (Å²) in [5, 5.41) is 3.24. The van der Waals surface area contributed by atoms with Gasteiger partial charge >= 0.3 is 0 Å². The van der Waals surface area contributed by atoms with Gasteiger partial charge in [-0.2, -0.15) is 0 Å². The summed E-state index contributed by atoms with van der Waals surface area (Å²) in [7, 11) is -2.37. The number of halogens is 2. The Morgan fingerprint density at radius 3 is 2.18 bits per heavy atom. The Kier molecular flexibility index (Phi) is 10.6. The Morgan fingerprint density at radius 1 is 0.949 bits per heavy atom. The summed E-state index contributed by atoms with van der Waals surface area (Å²) >= 11 is 12.2. The van der Waals surface area contributed by atoms with Crippen molar-refractivity contribution in [2.75, 3.05) is 24.2 Å². The fourth-order valence-electron chi connectivity index (χ4n) is 3.98. The number of sulfonamides is 1. The van der Waals surface area contributed by atoms with Gasteiger partial charge in [-0.25, -0.2) is 8.42 Å². The number of hydrogen-bond donors (Lipinski definition) is 1. The highest BCUT2D eigenvalue weighted by Crippen LogP contribution is 2.26. The van der Waals surface area contributed by atoms with Crippen LogP contribution in [0.25, 0.3) is 0 Å². The van der Waals surface area contributed by atoms with Gasteiger partial charge in [-0.15, -0.1) is 0 Å². The minimum atomic E-state index is -3.85. The molecule has 0 aromatic heterocycles. The molecule has 3 aromatic rings. The standard InChI is InChI=1S/C28H31Cl2N3O5S/c1-4-26(28(35)31-2)32(17-21-10-15-24(29)25(30)16-21)27(34)18-33(39(3,36)37)22-11-13-23(14-12-22)38-19-20-8-6-5-7-9-20/h5-16,26H,4,17-19H2,1-3H3,(H,31,35)/t26-/m1/s1. The smallest absolute Gasteiger partial charge is 0.244 e. The van der Waals surface area contributed by atoms with Crippen molar-refractivity contribution in [3.63, 3.8) is 0 Å². The van der Waals surface area contributed by atoms with Crippen LogP contribution in [0.3, 0.4) is 0 Å². The van der Waals surface area contributed by atoms with Gasteiger partial charge in [0.2, 0.25) is 21.8 Å². The lowest BCUT2D eigenvalue weighted by atomic mass is 10.1. The second-order valence-corrected chi connectivity index (χ2v) is 11.6. The van der Waals surface area contributed by atoms with Crippen LogP contribution in [-0.4, -0.2) is 51.0 Å². The van der Waals surface area contributed by atoms with E-state index in [1.165, 1.54) is 11.9 Å². The van der Waals surface area contributed by atoms with Crippen LogP contribution >= 0.6 is 23.2 Å². The summed E-state index contributed by atoms with van der Waals surface area (Å²) in [6.45, 7) is 1.66. The normalized spacial score (nSPS) is 11.9. The second-order valence-electron chi connectivity index (χ2n) is 8.85. The highest BCUT2D eigenvalue weighted by atomic mass is 35.5. The SMILES string of the molecule is CC[C@H](C(=O)NC)N(Cc1ccc(Cl)c(Cl)c1)C(=O)CN(c1ccc(OCc2ccccc2)cc1)S(C)(=O)=O. The van der Waals surface area contributed by atoms with Crippen LogP contribution in [0.4, 0.5) is 5.69 Å². The zero-order valence-corrected chi connectivity index (χ0v) is 24.3. The molecular weight excluding hydrogens is 561 g/mol. The van der Waals surface area contributed by atoms with Crippen molar-refractivity contribution in [1.82, 2.24) is 10.2 Å². The molecule has 0 fully saturated rings. The maximum atomic E-state index is 13.6. The maximum absolute atomic E-state index is 13.6. The molecule has 0 radical (unpaired) electrons. The van der Waals surface area contributed by atoms with Crippen molar-refractivity contribution in [3.8, 4) is 5.75 Å². The van der Waals surface area contributed by atoms with Crippen LogP contribution in [0.15, 0.2) is 72.8 Å². The molecule has 0 spiro atoms. The fraction of sp³-hybridized carbons (Fsp3) is 0.286. The van der Waals surface area contributed by atoms with E-state index in [-0.39, 0.29) is 12.5 Å². The molecule has 0 unspecified atom stereocenters. The highest BCUT2D eigenvalue weighted by Gasteiger charge is 2.31. The Balaban J connectivity index is 1.85. The summed E-state index contributed by atoms with van der Waals surface area (Å²) in [4.78, 5) is 27.6. The van der Waals surface area contributed by atoms with Crippen LogP contribution in [0, 0.1) is 0 Å². The molecule has 8 nitrogen and oxygen atoms in total. The third kappa shape index (κ3) is 8.36. The fourth-order valence-corrected chi connectivity index (χ4v) is 5.15. The largest absolute Gasteiger partial charge is 0.489 e. The third-order valence-electron chi connectivity index (χ3n) is 6.02. The number of carbonyl (C=O) groups excluding carboxylic acids is 2. The molecule has 0 bridgehead atoms. The first-order valence-electron chi connectivity index (χ1n) is 12.2. The summed E-state index contributed by atoms with van der Waals surface area (Å²) in [6.07, 6.45) is 1.35. The number of amides is 2. The number of benzene rings is 3. The monoisotopic (exact) mass is 591 g/mol. The molecular formula is C28H31Cl2N3O5S. The number of carbonyl (C=O) groups is 2. The number of hydrogen-bond acceptors (Lipinski definition) is 5. The second kappa shape index (κ2) is 13.7. The molecule has 0 aliphatic heterocycles. The van der Waals surface area contributed by atoms with E-state index in [9.17, 15) is 18.0 Å². The van der Waals surface area contributed by atoms with Gasteiger partial charge in [-0.1, -0.05) is 66.5 Å². The van der Waals surface area contributed by atoms with Crippen molar-refractivity contribution in [3.05, 3.63) is 94.0 Å². The van der Waals surface area contributed by atoms with Gasteiger partial charge in [-0.05, 0) is 53.9 Å². The summed E-state index contributed by atoms with van der Waals surface area (Å²) in [6, 6.07) is 20.2. The van der Waals surface area contributed by atoms with E-state index in [4.69, 9.17) is 27.9 Å². The quantitative estimate of drug-likeness (QED) is 0.323. The molecule has 0 saturated heterocycles. The number of nitrogens with one attached hydrogen (secondary N) is 1. The Labute approximate surface area is 239 Å². The van der Waals surface area contributed by atoms with E-state index in [1.807, 2.05) is 30.3 Å². The van der Waals surface area contributed by atoms with Crippen LogP contribution in [0.5, 0.6) is 5.75 Å². The van der Waals surface area contributed by atoms with E-state index in [0.717, 1.165) is 16.1 Å². The molecule has 0 saturated carbocycles. The van der Waals surface area contributed by atoms with E-state index in [2.05, 4.69) is 5.32 Å². The minimum Gasteiger partial charge on any atom is -0.489 e. The predicted molar refractivity (Wildman–Crippen MR) is 155 cm³/mol. The number of anilines is 1. The molecule has 3 aromatic carbocycles. The first-order chi connectivity index (χ1) is 18.5. The predicted octanol–water partition coefficient (Wildman–Crippen LogP) is 4.89. The molecule has 208 valence electrons. The molecule has 1 atom stereocenters. The maximum Gasteiger partial charge on any atom is 0.244 e. The highest BCUT2D eigenvalue weighted by molar-refractivity contribution is 7.92. The van der Waals surface area contributed by atoms with Crippen LogP contribution < -0.4 is 14.4 Å². The van der Waals surface area contributed by atoms with Gasteiger partial charge in [-0.3, -0.25) is 13.9 Å². The number of rotatable bonds is 12. The van der Waals surface area contributed by atoms with Gasteiger partial charge in [0, 0.05) is 13.6 Å². The summed E-state index contributed by atoms with van der Waals surface area (Å²) in [5.41, 5.74) is 1.93. The van der Waals surface area contributed by atoms with Gasteiger partial charge < -0.3 is 15.0 Å². The minimum absolute atomic E-state index is 0.0332. The van der Waals surface area contributed by atoms with Crippen LogP contribution in [0.1, 0.15) is 24.5 Å². The molecule has 0 aliphatic carbocycles. The summed E-state index contributed by atoms with van der Waals surface area (Å²) < 4.78 is 32.3. The molecule has 0 heterocycles. The van der Waals surface area contributed by atoms with E-state index in [0.29, 0.717) is 40.1 Å². The lowest BCUT2D eigenvalue weighted by Gasteiger charge is -2.32. The number of nitrogens with zero attached hydrogens (tertiary/aromatic N) is 2. The van der Waals surface area contributed by atoms with E-state index >= 15 is 0 Å². The zero-order chi connectivity index (χ0) is 28.6. The van der Waals surface area contributed by atoms with Crippen molar-refractivity contribution >= 4 is 50.7 Å². The average molecular weight is 593 g/mol. The molecule has 39 heavy (non-hydrogen) atoms. The first-order valence-corrected chi connectivity index (χ1v) is 14.8. The lowest BCUT2D eigenvalue weighted by Crippen LogP contribution is -2.51. The summed E-state index contributed by atoms with van der Waals surface area (Å²) in [5.74, 6) is -0.364. The molecule has 1 N–H and O–H groups in total. The zero-order valence-electron chi connectivity index (χ0n) is 21.9. The van der Waals surface area contributed by atoms with Crippen molar-refractivity contribution < 1.29 is 22.7 Å². The Bertz CT molecular complexity index is 1390. The van der Waals surface area contributed by atoms with Gasteiger partial charge in [0.25, 0.3) is 0 Å². The molecule has 3 rings (SSSR count). The van der Waals surface area contributed by atoms with Gasteiger partial charge in [0.15, 0.2) is 0 Å². The van der Waals surface area contributed by atoms with Crippen molar-refractivity contribution in [2.24, 2.45) is 0 Å². The number of ether oxygens (including phenoxy) is 1. The first kappa shape index (κ1) is 30.3. The third-order valence-corrected chi connectivity index (χ3v) is 7.90. The van der Waals surface area contributed by atoms with E-state index < -0.39 is 28.5 Å².